The van der Waals surface area contributed by atoms with Gasteiger partial charge in [0, 0.05) is 5.56 Å². The van der Waals surface area contributed by atoms with E-state index >= 15 is 0 Å². The minimum Gasteiger partial charge on any atom is -0.493 e. The molecule has 0 fully saturated rings. The third kappa shape index (κ3) is 4.23. The Hall–Kier alpha value is -3.97. The quantitative estimate of drug-likeness (QED) is 0.383. The van der Waals surface area contributed by atoms with Gasteiger partial charge in [-0.3, -0.25) is 4.79 Å². The summed E-state index contributed by atoms with van der Waals surface area (Å²) in [6, 6.07) is 23.5. The van der Waals surface area contributed by atoms with Crippen molar-refractivity contribution in [3.05, 3.63) is 104 Å². The van der Waals surface area contributed by atoms with Crippen LogP contribution in [-0.2, 0) is 6.61 Å². The fraction of sp³-hybridized carbons (Fsp3) is 0.115. The van der Waals surface area contributed by atoms with Crippen LogP contribution in [0.3, 0.4) is 0 Å². The first-order valence-corrected chi connectivity index (χ1v) is 11.3. The van der Waals surface area contributed by atoms with E-state index in [1.807, 2.05) is 85.8 Å². The molecule has 0 saturated heterocycles. The number of ether oxygens (including phenoxy) is 2. The van der Waals surface area contributed by atoms with Crippen LogP contribution in [0, 0.1) is 6.92 Å². The Balaban J connectivity index is 1.47. The van der Waals surface area contributed by atoms with Crippen molar-refractivity contribution in [2.24, 2.45) is 0 Å². The second-order valence-corrected chi connectivity index (χ2v) is 8.62. The van der Waals surface area contributed by atoms with Crippen LogP contribution in [0.15, 0.2) is 77.6 Å². The summed E-state index contributed by atoms with van der Waals surface area (Å²) in [6.07, 6.45) is 1.84. The molecule has 0 N–H and O–H groups in total. The molecule has 7 heteroatoms. The number of methoxy groups -OCH3 is 1. The molecule has 33 heavy (non-hydrogen) atoms. The van der Waals surface area contributed by atoms with Gasteiger partial charge in [0.25, 0.3) is 5.56 Å². The van der Waals surface area contributed by atoms with Crippen molar-refractivity contribution >= 4 is 22.4 Å². The molecule has 2 heterocycles. The van der Waals surface area contributed by atoms with Crippen molar-refractivity contribution < 1.29 is 9.47 Å². The highest BCUT2D eigenvalue weighted by atomic mass is 32.1. The predicted molar refractivity (Wildman–Crippen MR) is 130 cm³/mol. The standard InChI is InChI=1S/C26H21N3O3S/c1-17-8-11-20(12-9-17)24-27-28-26-29(24)25(30)23(33-26)15-19-10-13-21(22(14-19)31-2)32-16-18-6-4-3-5-7-18/h3-15H,16H2,1-2H3/b23-15-. The van der Waals surface area contributed by atoms with E-state index in [-0.39, 0.29) is 5.56 Å². The molecule has 0 amide bonds. The number of aromatic nitrogens is 3. The molecule has 0 bridgehead atoms. The van der Waals surface area contributed by atoms with Crippen LogP contribution in [0.5, 0.6) is 11.5 Å². The maximum Gasteiger partial charge on any atom is 0.276 e. The van der Waals surface area contributed by atoms with Gasteiger partial charge in [0.05, 0.1) is 11.6 Å². The van der Waals surface area contributed by atoms with Crippen LogP contribution in [0.4, 0.5) is 0 Å². The van der Waals surface area contributed by atoms with Gasteiger partial charge in [-0.05, 0) is 36.3 Å². The molecule has 0 spiro atoms. The fourth-order valence-electron chi connectivity index (χ4n) is 3.53. The first-order valence-electron chi connectivity index (χ1n) is 10.4. The minimum atomic E-state index is -0.140. The lowest BCUT2D eigenvalue weighted by atomic mass is 10.1. The zero-order valence-electron chi connectivity index (χ0n) is 18.2. The molecule has 0 aliphatic rings. The number of benzene rings is 3. The third-order valence-corrected chi connectivity index (χ3v) is 6.24. The van der Waals surface area contributed by atoms with Crippen molar-refractivity contribution in [2.45, 2.75) is 13.5 Å². The zero-order valence-corrected chi connectivity index (χ0v) is 19.0. The first kappa shape index (κ1) is 20.9. The normalized spacial score (nSPS) is 11.8. The summed E-state index contributed by atoms with van der Waals surface area (Å²) in [7, 11) is 1.60. The third-order valence-electron chi connectivity index (χ3n) is 5.28. The summed E-state index contributed by atoms with van der Waals surface area (Å²) < 4.78 is 13.6. The Morgan fingerprint density at radius 3 is 2.52 bits per heavy atom. The summed E-state index contributed by atoms with van der Waals surface area (Å²) >= 11 is 1.31. The average Bonchev–Trinajstić information content (AvgIpc) is 3.39. The van der Waals surface area contributed by atoms with Gasteiger partial charge < -0.3 is 9.47 Å². The van der Waals surface area contributed by atoms with E-state index in [4.69, 9.17) is 9.47 Å². The van der Waals surface area contributed by atoms with Crippen LogP contribution in [0.25, 0.3) is 22.4 Å². The van der Waals surface area contributed by atoms with Gasteiger partial charge in [-0.1, -0.05) is 77.6 Å². The van der Waals surface area contributed by atoms with Crippen molar-refractivity contribution in [3.63, 3.8) is 0 Å². The van der Waals surface area contributed by atoms with Crippen molar-refractivity contribution in [1.29, 1.82) is 0 Å². The number of hydrogen-bond acceptors (Lipinski definition) is 6. The maximum atomic E-state index is 13.1. The smallest absolute Gasteiger partial charge is 0.276 e. The second kappa shape index (κ2) is 8.88. The number of thiazole rings is 1. The molecular formula is C26H21N3O3S. The molecule has 3 aromatic carbocycles. The van der Waals surface area contributed by atoms with Crippen molar-refractivity contribution in [3.8, 4) is 22.9 Å². The second-order valence-electron chi connectivity index (χ2n) is 7.61. The van der Waals surface area contributed by atoms with Crippen LogP contribution in [0.1, 0.15) is 16.7 Å². The Morgan fingerprint density at radius 2 is 1.76 bits per heavy atom. The molecule has 0 unspecified atom stereocenters. The van der Waals surface area contributed by atoms with Crippen molar-refractivity contribution in [2.75, 3.05) is 7.11 Å². The van der Waals surface area contributed by atoms with E-state index in [2.05, 4.69) is 10.2 Å². The van der Waals surface area contributed by atoms with E-state index in [9.17, 15) is 4.79 Å². The van der Waals surface area contributed by atoms with Crippen LogP contribution < -0.4 is 19.6 Å². The molecule has 2 aromatic heterocycles. The van der Waals surface area contributed by atoms with Crippen LogP contribution in [0.2, 0.25) is 0 Å². The van der Waals surface area contributed by atoms with Gasteiger partial charge in [0.1, 0.15) is 6.61 Å². The summed E-state index contributed by atoms with van der Waals surface area (Å²) in [5, 5.41) is 8.43. The van der Waals surface area contributed by atoms with Crippen LogP contribution in [-0.4, -0.2) is 21.7 Å². The van der Waals surface area contributed by atoms with E-state index in [0.29, 0.717) is 33.4 Å². The van der Waals surface area contributed by atoms with Crippen molar-refractivity contribution in [1.82, 2.24) is 14.6 Å². The highest BCUT2D eigenvalue weighted by Gasteiger charge is 2.14. The van der Waals surface area contributed by atoms with E-state index < -0.39 is 0 Å². The van der Waals surface area contributed by atoms with E-state index in [1.165, 1.54) is 11.3 Å². The first-order chi connectivity index (χ1) is 16.1. The number of nitrogens with zero attached hydrogens (tertiary/aromatic N) is 3. The number of hydrogen-bond donors (Lipinski definition) is 0. The Bertz CT molecular complexity index is 1520. The van der Waals surface area contributed by atoms with Crippen LogP contribution >= 0.6 is 11.3 Å². The highest BCUT2D eigenvalue weighted by Crippen LogP contribution is 2.29. The van der Waals surface area contributed by atoms with Gasteiger partial charge in [0.2, 0.25) is 4.96 Å². The summed E-state index contributed by atoms with van der Waals surface area (Å²) in [4.78, 5) is 13.7. The molecule has 0 radical (unpaired) electrons. The maximum absolute atomic E-state index is 13.1. The Kier molecular flexibility index (Phi) is 5.62. The monoisotopic (exact) mass is 455 g/mol. The molecule has 0 aliphatic heterocycles. The molecule has 6 nitrogen and oxygen atoms in total. The minimum absolute atomic E-state index is 0.140. The van der Waals surface area contributed by atoms with Gasteiger partial charge in [-0.15, -0.1) is 10.2 Å². The molecule has 0 atom stereocenters. The Morgan fingerprint density at radius 1 is 0.970 bits per heavy atom. The Labute approximate surface area is 194 Å². The largest absolute Gasteiger partial charge is 0.493 e. The van der Waals surface area contributed by atoms with Gasteiger partial charge in [-0.2, -0.15) is 0 Å². The predicted octanol–water partition coefficient (Wildman–Crippen LogP) is 4.26. The molecule has 0 saturated carbocycles. The topological polar surface area (TPSA) is 65.7 Å². The molecular weight excluding hydrogens is 434 g/mol. The van der Waals surface area contributed by atoms with Gasteiger partial charge in [0.15, 0.2) is 17.3 Å². The zero-order chi connectivity index (χ0) is 22.8. The number of rotatable bonds is 6. The molecule has 164 valence electrons. The summed E-state index contributed by atoms with van der Waals surface area (Å²) in [5.74, 6) is 1.80. The van der Waals surface area contributed by atoms with Gasteiger partial charge in [-0.25, -0.2) is 4.40 Å². The SMILES string of the molecule is COc1cc(/C=c2\sc3nnc(-c4ccc(C)cc4)n3c2=O)ccc1OCc1ccccc1. The van der Waals surface area contributed by atoms with E-state index in [1.54, 1.807) is 11.5 Å². The van der Waals surface area contributed by atoms with E-state index in [0.717, 1.165) is 22.3 Å². The van der Waals surface area contributed by atoms with Gasteiger partial charge >= 0.3 is 0 Å². The lowest BCUT2D eigenvalue weighted by Gasteiger charge is -2.11. The lowest BCUT2D eigenvalue weighted by Crippen LogP contribution is -2.23. The molecule has 0 aliphatic carbocycles. The average molecular weight is 456 g/mol. The fourth-order valence-corrected chi connectivity index (χ4v) is 4.44. The summed E-state index contributed by atoms with van der Waals surface area (Å²) in [6.45, 7) is 2.47. The number of fused-ring (bicyclic) bond motifs is 1. The highest BCUT2D eigenvalue weighted by molar-refractivity contribution is 7.15. The summed E-state index contributed by atoms with van der Waals surface area (Å²) in [5.41, 5.74) is 3.78. The lowest BCUT2D eigenvalue weighted by molar-refractivity contribution is 0.284. The molecule has 5 aromatic rings. The number of aryl methyl sites for hydroxylation is 1. The molecule has 5 rings (SSSR count).